The molecule has 21 heavy (non-hydrogen) atoms. The van der Waals surface area contributed by atoms with Crippen molar-refractivity contribution in [1.29, 1.82) is 0 Å². The van der Waals surface area contributed by atoms with Crippen molar-refractivity contribution in [1.82, 2.24) is 9.97 Å². The number of carbonyl (C=O) groups is 1. The van der Waals surface area contributed by atoms with Crippen molar-refractivity contribution in [2.45, 2.75) is 12.8 Å². The molecule has 0 saturated carbocycles. The van der Waals surface area contributed by atoms with Crippen molar-refractivity contribution in [2.75, 3.05) is 7.11 Å². The van der Waals surface area contributed by atoms with Crippen LogP contribution in [0, 0.1) is 10.1 Å². The highest BCUT2D eigenvalue weighted by molar-refractivity contribution is 6.28. The molecule has 0 aliphatic heterocycles. The highest BCUT2D eigenvalue weighted by Crippen LogP contribution is 2.30. The molecule has 2 aromatic rings. The highest BCUT2D eigenvalue weighted by Gasteiger charge is 2.17. The van der Waals surface area contributed by atoms with E-state index in [1.165, 1.54) is 13.2 Å². The van der Waals surface area contributed by atoms with E-state index in [-0.39, 0.29) is 34.7 Å². The summed E-state index contributed by atoms with van der Waals surface area (Å²) in [6.45, 7) is 0. The standard InChI is InChI=1S/C12H10ClN3O5/c1-21-9(17)3-2-6-4-7(16(19)20)5-8-10(6)14-12(13)15-11(8)18/h4-5H,2-3H2,1H3,(H,14,15,18). The van der Waals surface area contributed by atoms with Crippen molar-refractivity contribution in [3.8, 4) is 5.88 Å². The molecule has 1 N–H and O–H groups in total. The first-order chi connectivity index (χ1) is 9.92. The van der Waals surface area contributed by atoms with Crippen LogP contribution >= 0.6 is 11.6 Å². The molecule has 0 spiro atoms. The van der Waals surface area contributed by atoms with Gasteiger partial charge in [0.25, 0.3) is 5.69 Å². The Morgan fingerprint density at radius 2 is 2.19 bits per heavy atom. The van der Waals surface area contributed by atoms with Gasteiger partial charge >= 0.3 is 5.97 Å². The van der Waals surface area contributed by atoms with Crippen molar-refractivity contribution in [3.63, 3.8) is 0 Å². The normalized spacial score (nSPS) is 10.6. The van der Waals surface area contributed by atoms with Crippen molar-refractivity contribution >= 4 is 34.2 Å². The van der Waals surface area contributed by atoms with Crippen LogP contribution < -0.4 is 0 Å². The third-order valence-electron chi connectivity index (χ3n) is 2.85. The number of halogens is 1. The van der Waals surface area contributed by atoms with Crippen LogP contribution in [0.3, 0.4) is 0 Å². The maximum absolute atomic E-state index is 11.2. The van der Waals surface area contributed by atoms with E-state index in [1.807, 2.05) is 0 Å². The number of nitro benzene ring substituents is 1. The van der Waals surface area contributed by atoms with E-state index in [0.29, 0.717) is 5.56 Å². The quantitative estimate of drug-likeness (QED) is 0.397. The van der Waals surface area contributed by atoms with Crippen LogP contribution in [0.2, 0.25) is 5.28 Å². The predicted molar refractivity (Wildman–Crippen MR) is 73.2 cm³/mol. The summed E-state index contributed by atoms with van der Waals surface area (Å²) in [5.41, 5.74) is 0.440. The molecule has 0 atom stereocenters. The smallest absolute Gasteiger partial charge is 0.305 e. The zero-order valence-corrected chi connectivity index (χ0v) is 11.6. The first-order valence-corrected chi connectivity index (χ1v) is 6.20. The van der Waals surface area contributed by atoms with Crippen LogP contribution in [-0.2, 0) is 16.0 Å². The maximum Gasteiger partial charge on any atom is 0.305 e. The first-order valence-electron chi connectivity index (χ1n) is 5.82. The molecule has 1 heterocycles. The molecule has 110 valence electrons. The third-order valence-corrected chi connectivity index (χ3v) is 3.02. The number of nitro groups is 1. The zero-order valence-electron chi connectivity index (χ0n) is 10.9. The van der Waals surface area contributed by atoms with Crippen molar-refractivity contribution in [3.05, 3.63) is 33.1 Å². The summed E-state index contributed by atoms with van der Waals surface area (Å²) in [5.74, 6) is -0.910. The topological polar surface area (TPSA) is 115 Å². The molecule has 1 aromatic carbocycles. The molecule has 9 heteroatoms. The average molecular weight is 312 g/mol. The largest absolute Gasteiger partial charge is 0.493 e. The van der Waals surface area contributed by atoms with Crippen LogP contribution in [0.25, 0.3) is 10.9 Å². The molecule has 0 bridgehead atoms. The number of aryl methyl sites for hydroxylation is 1. The number of hydrogen-bond donors (Lipinski definition) is 1. The van der Waals surface area contributed by atoms with E-state index in [4.69, 9.17) is 11.6 Å². The Bertz CT molecular complexity index is 734. The first kappa shape index (κ1) is 14.9. The Balaban J connectivity index is 2.59. The van der Waals surface area contributed by atoms with Crippen LogP contribution in [0.5, 0.6) is 5.88 Å². The Labute approximate surface area is 123 Å². The summed E-state index contributed by atoms with van der Waals surface area (Å²) < 4.78 is 4.53. The minimum atomic E-state index is -0.602. The summed E-state index contributed by atoms with van der Waals surface area (Å²) in [7, 11) is 1.25. The van der Waals surface area contributed by atoms with Gasteiger partial charge in [-0.05, 0) is 23.6 Å². The fourth-order valence-corrected chi connectivity index (χ4v) is 2.04. The Kier molecular flexibility index (Phi) is 4.18. The Morgan fingerprint density at radius 3 is 2.81 bits per heavy atom. The molecule has 0 saturated heterocycles. The summed E-state index contributed by atoms with van der Waals surface area (Å²) >= 11 is 5.68. The summed E-state index contributed by atoms with van der Waals surface area (Å²) in [6.07, 6.45) is 0.187. The zero-order chi connectivity index (χ0) is 15.6. The average Bonchev–Trinajstić information content (AvgIpc) is 2.44. The number of ether oxygens (including phenoxy) is 1. The number of non-ortho nitro benzene ring substituents is 1. The van der Waals surface area contributed by atoms with Gasteiger partial charge < -0.3 is 9.84 Å². The summed E-state index contributed by atoms with van der Waals surface area (Å²) in [5, 5.41) is 20.6. The number of nitrogens with zero attached hydrogens (tertiary/aromatic N) is 3. The van der Waals surface area contributed by atoms with Gasteiger partial charge in [0.05, 0.1) is 22.9 Å². The molecule has 0 aliphatic rings. The SMILES string of the molecule is COC(=O)CCc1cc([N+](=O)[O-])cc2c(O)nc(Cl)nc12. The Hall–Kier alpha value is -2.48. The lowest BCUT2D eigenvalue weighted by Crippen LogP contribution is -2.03. The summed E-state index contributed by atoms with van der Waals surface area (Å²) in [6, 6.07) is 2.44. The van der Waals surface area contributed by atoms with E-state index in [9.17, 15) is 20.0 Å². The molecule has 1 aromatic heterocycles. The number of fused-ring (bicyclic) bond motifs is 1. The van der Waals surface area contributed by atoms with Crippen LogP contribution in [-0.4, -0.2) is 33.1 Å². The van der Waals surface area contributed by atoms with Gasteiger partial charge in [-0.2, -0.15) is 4.98 Å². The molecule has 0 radical (unpaired) electrons. The van der Waals surface area contributed by atoms with Crippen LogP contribution in [0.4, 0.5) is 5.69 Å². The molecule has 0 fully saturated rings. The number of aromatic nitrogens is 2. The lowest BCUT2D eigenvalue weighted by Gasteiger charge is -2.07. The van der Waals surface area contributed by atoms with Crippen molar-refractivity contribution < 1.29 is 19.6 Å². The van der Waals surface area contributed by atoms with E-state index >= 15 is 0 Å². The second kappa shape index (κ2) is 5.88. The second-order valence-electron chi connectivity index (χ2n) is 4.15. The molecule has 0 aliphatic carbocycles. The number of carbonyl (C=O) groups excluding carboxylic acids is 1. The molecular formula is C12H10ClN3O5. The fourth-order valence-electron chi connectivity index (χ4n) is 1.88. The molecule has 0 amide bonds. The lowest BCUT2D eigenvalue weighted by atomic mass is 10.0. The van der Waals surface area contributed by atoms with Gasteiger partial charge in [-0.1, -0.05) is 0 Å². The summed E-state index contributed by atoms with van der Waals surface area (Å²) in [4.78, 5) is 29.1. The van der Waals surface area contributed by atoms with Gasteiger partial charge in [-0.15, -0.1) is 0 Å². The highest BCUT2D eigenvalue weighted by atomic mass is 35.5. The maximum atomic E-state index is 11.2. The predicted octanol–water partition coefficient (Wildman–Crippen LogP) is 2.00. The monoisotopic (exact) mass is 311 g/mol. The van der Waals surface area contributed by atoms with Crippen molar-refractivity contribution in [2.24, 2.45) is 0 Å². The van der Waals surface area contributed by atoms with Gasteiger partial charge in [0.2, 0.25) is 11.2 Å². The van der Waals surface area contributed by atoms with Gasteiger partial charge in [-0.25, -0.2) is 4.98 Å². The number of aromatic hydroxyl groups is 1. The van der Waals surface area contributed by atoms with E-state index in [2.05, 4.69) is 14.7 Å². The minimum Gasteiger partial charge on any atom is -0.493 e. The third kappa shape index (κ3) is 3.16. The number of benzene rings is 1. The number of hydrogen-bond acceptors (Lipinski definition) is 7. The van der Waals surface area contributed by atoms with Gasteiger partial charge in [0.1, 0.15) is 0 Å². The number of esters is 1. The van der Waals surface area contributed by atoms with Crippen LogP contribution in [0.1, 0.15) is 12.0 Å². The fraction of sp³-hybridized carbons (Fsp3) is 0.250. The van der Waals surface area contributed by atoms with Gasteiger partial charge in [0, 0.05) is 18.6 Å². The Morgan fingerprint density at radius 1 is 1.48 bits per heavy atom. The van der Waals surface area contributed by atoms with Gasteiger partial charge in [0.15, 0.2) is 0 Å². The second-order valence-corrected chi connectivity index (χ2v) is 4.49. The number of rotatable bonds is 4. The number of methoxy groups -OCH3 is 1. The minimum absolute atomic E-state index is 0.0230. The molecule has 0 unspecified atom stereocenters. The lowest BCUT2D eigenvalue weighted by molar-refractivity contribution is -0.384. The molecular weight excluding hydrogens is 302 g/mol. The molecule has 2 rings (SSSR count). The molecule has 8 nitrogen and oxygen atoms in total. The van der Waals surface area contributed by atoms with E-state index in [1.54, 1.807) is 0 Å². The van der Waals surface area contributed by atoms with Gasteiger partial charge in [-0.3, -0.25) is 14.9 Å². The van der Waals surface area contributed by atoms with E-state index < -0.39 is 16.8 Å². The van der Waals surface area contributed by atoms with Crippen LogP contribution in [0.15, 0.2) is 12.1 Å². The van der Waals surface area contributed by atoms with E-state index in [0.717, 1.165) is 6.07 Å².